The van der Waals surface area contributed by atoms with Crippen LogP contribution < -0.4 is 0 Å². The van der Waals surface area contributed by atoms with Crippen LogP contribution in [0.5, 0.6) is 0 Å². The molecule has 0 N–H and O–H groups in total. The lowest BCUT2D eigenvalue weighted by atomic mass is 9.82. The number of rotatable bonds is 8. The van der Waals surface area contributed by atoms with Crippen LogP contribution in [0.25, 0.3) is 133 Å². The molecule has 0 fully saturated rings. The first-order valence-corrected chi connectivity index (χ1v) is 23.2. The Morgan fingerprint density at radius 2 is 0.676 bits per heavy atom. The third kappa shape index (κ3) is 6.71. The summed E-state index contributed by atoms with van der Waals surface area (Å²) in [5.74, 6) is 0.695. The van der Waals surface area contributed by atoms with E-state index in [1.165, 1.54) is 77.2 Å². The maximum absolute atomic E-state index is 5.12. The first-order chi connectivity index (χ1) is 33.7. The van der Waals surface area contributed by atoms with E-state index in [2.05, 4.69) is 211 Å². The smallest absolute Gasteiger partial charge is 0.160 e. The number of hydrogen-bond donors (Lipinski definition) is 0. The number of hydrogen-bond acceptors (Lipinski definition) is 3. The zero-order chi connectivity index (χ0) is 45.0. The molecule has 13 rings (SSSR count). The van der Waals surface area contributed by atoms with Gasteiger partial charge in [0.1, 0.15) is 0 Å². The Labute approximate surface area is 395 Å². The monoisotopic (exact) mass is 863 g/mol. The Morgan fingerprint density at radius 3 is 1.29 bits per heavy atom. The average molecular weight is 864 g/mol. The summed E-state index contributed by atoms with van der Waals surface area (Å²) in [7, 11) is 0. The largest absolute Gasteiger partial charge is 0.265 e. The molecule has 0 saturated carbocycles. The van der Waals surface area contributed by atoms with Gasteiger partial charge >= 0.3 is 0 Å². The molecule has 3 heteroatoms. The molecule has 316 valence electrons. The van der Waals surface area contributed by atoms with Crippen molar-refractivity contribution in [1.29, 1.82) is 0 Å². The molecule has 68 heavy (non-hydrogen) atoms. The molecule has 0 unspecified atom stereocenters. The highest BCUT2D eigenvalue weighted by molar-refractivity contribution is 6.28. The molecule has 10 aromatic carbocycles. The van der Waals surface area contributed by atoms with Gasteiger partial charge in [-0.05, 0) is 124 Å². The van der Waals surface area contributed by atoms with Gasteiger partial charge in [0, 0.05) is 29.1 Å². The molecule has 0 atom stereocenters. The van der Waals surface area contributed by atoms with Crippen LogP contribution >= 0.6 is 0 Å². The summed E-state index contributed by atoms with van der Waals surface area (Å²) in [4.78, 5) is 14.4. The molecule has 1 aliphatic rings. The van der Waals surface area contributed by atoms with Gasteiger partial charge in [-0.3, -0.25) is 4.98 Å². The number of pyridine rings is 1. The fraction of sp³-hybridized carbons (Fsp3) is 0. The summed E-state index contributed by atoms with van der Waals surface area (Å²) in [5, 5.41) is 5.12. The highest BCUT2D eigenvalue weighted by Crippen LogP contribution is 2.58. The lowest BCUT2D eigenvalue weighted by Crippen LogP contribution is -1.96. The summed E-state index contributed by atoms with van der Waals surface area (Å²) < 4.78 is 0. The summed E-state index contributed by atoms with van der Waals surface area (Å²) >= 11 is 0. The lowest BCUT2D eigenvalue weighted by molar-refractivity contribution is 1.18. The van der Waals surface area contributed by atoms with Gasteiger partial charge in [0.25, 0.3) is 0 Å². The Kier molecular flexibility index (Phi) is 9.50. The third-order valence-electron chi connectivity index (χ3n) is 13.6. The molecule has 0 saturated heterocycles. The van der Waals surface area contributed by atoms with E-state index >= 15 is 0 Å². The molecular formula is C65H41N3. The quantitative estimate of drug-likeness (QED) is 0.153. The summed E-state index contributed by atoms with van der Waals surface area (Å²) in [6.07, 6.45) is 3.65. The van der Waals surface area contributed by atoms with E-state index in [4.69, 9.17) is 9.97 Å². The third-order valence-corrected chi connectivity index (χ3v) is 13.6. The second kappa shape index (κ2) is 16.4. The van der Waals surface area contributed by atoms with E-state index in [-0.39, 0.29) is 0 Å². The van der Waals surface area contributed by atoms with E-state index in [0.717, 1.165) is 50.3 Å². The van der Waals surface area contributed by atoms with Gasteiger partial charge in [-0.25, -0.2) is 9.97 Å². The zero-order valence-corrected chi connectivity index (χ0v) is 37.0. The van der Waals surface area contributed by atoms with Crippen LogP contribution in [-0.2, 0) is 0 Å². The number of benzene rings is 10. The predicted octanol–water partition coefficient (Wildman–Crippen LogP) is 17.2. The second-order valence-corrected chi connectivity index (χ2v) is 17.5. The minimum absolute atomic E-state index is 0.695. The standard InChI is InChI=1S/C65H41N3/c1-4-14-47(15-5-1)60-54-22-10-11-23-55(54)61(48-16-6-2-7-17-48)64-57-35-34-52(53-24-13-25-56(62(53)57)63(60)64)45-30-26-42(27-31-45)43-28-32-46(33-29-43)58-41-59(68-65(67-58)49-18-8-3-9-19-49)51-21-12-20-50(40-51)44-36-38-66-39-37-44/h1-41H. The fourth-order valence-electron chi connectivity index (χ4n) is 10.4. The lowest BCUT2D eigenvalue weighted by Gasteiger charge is -2.20. The predicted molar refractivity (Wildman–Crippen MR) is 283 cm³/mol. The summed E-state index contributed by atoms with van der Waals surface area (Å²) in [6.45, 7) is 0. The van der Waals surface area contributed by atoms with Gasteiger partial charge in [-0.2, -0.15) is 0 Å². The Hall–Kier alpha value is -9.05. The van der Waals surface area contributed by atoms with Crippen LogP contribution in [0.4, 0.5) is 0 Å². The number of fused-ring (bicyclic) bond motifs is 4. The van der Waals surface area contributed by atoms with Crippen molar-refractivity contribution in [3.8, 4) is 112 Å². The maximum Gasteiger partial charge on any atom is 0.160 e. The maximum atomic E-state index is 5.12. The first kappa shape index (κ1) is 39.3. The molecule has 0 bridgehead atoms. The summed E-state index contributed by atoms with van der Waals surface area (Å²) in [6, 6.07) is 85.1. The van der Waals surface area contributed by atoms with Crippen molar-refractivity contribution in [1.82, 2.24) is 15.0 Å². The molecule has 0 radical (unpaired) electrons. The zero-order valence-electron chi connectivity index (χ0n) is 37.0. The van der Waals surface area contributed by atoms with Gasteiger partial charge in [-0.15, -0.1) is 0 Å². The van der Waals surface area contributed by atoms with E-state index < -0.39 is 0 Å². The first-order valence-electron chi connectivity index (χ1n) is 23.2. The fourth-order valence-corrected chi connectivity index (χ4v) is 10.4. The number of nitrogens with zero attached hydrogens (tertiary/aromatic N) is 3. The molecule has 1 aliphatic carbocycles. The van der Waals surface area contributed by atoms with Gasteiger partial charge < -0.3 is 0 Å². The summed E-state index contributed by atoms with van der Waals surface area (Å²) in [5.41, 5.74) is 22.0. The van der Waals surface area contributed by atoms with Crippen LogP contribution in [0.3, 0.4) is 0 Å². The van der Waals surface area contributed by atoms with E-state index in [9.17, 15) is 0 Å². The normalized spacial score (nSPS) is 11.5. The number of aromatic nitrogens is 3. The van der Waals surface area contributed by atoms with Crippen molar-refractivity contribution in [3.63, 3.8) is 0 Å². The van der Waals surface area contributed by atoms with Crippen molar-refractivity contribution >= 4 is 21.5 Å². The molecule has 3 nitrogen and oxygen atoms in total. The van der Waals surface area contributed by atoms with Crippen LogP contribution in [0, 0.1) is 0 Å². The Morgan fingerprint density at radius 1 is 0.235 bits per heavy atom. The van der Waals surface area contributed by atoms with Crippen molar-refractivity contribution in [2.45, 2.75) is 0 Å². The van der Waals surface area contributed by atoms with Crippen molar-refractivity contribution < 1.29 is 0 Å². The van der Waals surface area contributed by atoms with Gasteiger partial charge in [0.05, 0.1) is 11.4 Å². The SMILES string of the molecule is c1ccc(-c2nc(-c3ccc(-c4ccc(-c5ccc6c7c(cccc57)-c5c-6c(-c6ccccc6)c6ccccc6c5-c5ccccc5)cc4)cc3)cc(-c3cccc(-c4ccncc4)c3)n2)cc1. The second-order valence-electron chi connectivity index (χ2n) is 17.5. The molecule has 0 amide bonds. The van der Waals surface area contributed by atoms with Crippen LogP contribution in [-0.4, -0.2) is 15.0 Å². The Bertz CT molecular complexity index is 3760. The highest BCUT2D eigenvalue weighted by Gasteiger charge is 2.31. The minimum Gasteiger partial charge on any atom is -0.265 e. The highest BCUT2D eigenvalue weighted by atomic mass is 14.9. The van der Waals surface area contributed by atoms with E-state index in [0.29, 0.717) is 5.82 Å². The van der Waals surface area contributed by atoms with Gasteiger partial charge in [0.15, 0.2) is 5.82 Å². The minimum atomic E-state index is 0.695. The van der Waals surface area contributed by atoms with Crippen molar-refractivity contribution in [2.24, 2.45) is 0 Å². The van der Waals surface area contributed by atoms with Crippen LogP contribution in [0.1, 0.15) is 0 Å². The molecule has 12 aromatic rings. The molecule has 2 heterocycles. The molecule has 0 aliphatic heterocycles. The average Bonchev–Trinajstić information content (AvgIpc) is 3.75. The Balaban J connectivity index is 0.872. The van der Waals surface area contributed by atoms with Crippen LogP contribution in [0.15, 0.2) is 249 Å². The topological polar surface area (TPSA) is 38.7 Å². The van der Waals surface area contributed by atoms with Gasteiger partial charge in [-0.1, -0.05) is 212 Å². The van der Waals surface area contributed by atoms with Crippen molar-refractivity contribution in [2.75, 3.05) is 0 Å². The molecule has 2 aromatic heterocycles. The van der Waals surface area contributed by atoms with Crippen molar-refractivity contribution in [3.05, 3.63) is 249 Å². The van der Waals surface area contributed by atoms with E-state index in [1.807, 2.05) is 42.7 Å². The molecule has 0 spiro atoms. The van der Waals surface area contributed by atoms with Crippen LogP contribution in [0.2, 0.25) is 0 Å². The van der Waals surface area contributed by atoms with E-state index in [1.54, 1.807) is 0 Å². The molecular weight excluding hydrogens is 823 g/mol. The van der Waals surface area contributed by atoms with Gasteiger partial charge in [0.2, 0.25) is 0 Å².